The Hall–Kier alpha value is -1.39. The first-order valence-corrected chi connectivity index (χ1v) is 6.97. The van der Waals surface area contributed by atoms with Crippen LogP contribution in [0.2, 0.25) is 0 Å². The number of hydrogen-bond acceptors (Lipinski definition) is 3. The Bertz CT molecular complexity index is 397. The number of hydrogen-bond donors (Lipinski definition) is 2. The van der Waals surface area contributed by atoms with E-state index in [9.17, 15) is 4.79 Å². The molecule has 2 rings (SSSR count). The van der Waals surface area contributed by atoms with Crippen LogP contribution in [0.3, 0.4) is 0 Å². The first-order valence-electron chi connectivity index (χ1n) is 6.97. The second-order valence-corrected chi connectivity index (χ2v) is 5.33. The molecule has 1 fully saturated rings. The van der Waals surface area contributed by atoms with E-state index in [0.29, 0.717) is 0 Å². The summed E-state index contributed by atoms with van der Waals surface area (Å²) in [7, 11) is 0. The average molecular weight is 261 g/mol. The van der Waals surface area contributed by atoms with Crippen LogP contribution >= 0.6 is 0 Å². The van der Waals surface area contributed by atoms with E-state index >= 15 is 0 Å². The van der Waals surface area contributed by atoms with Crippen molar-refractivity contribution >= 4 is 5.91 Å². The highest BCUT2D eigenvalue weighted by atomic mass is 16.2. The number of carbonyl (C=O) groups excluding carboxylic acids is 1. The maximum absolute atomic E-state index is 11.5. The monoisotopic (exact) mass is 261 g/mol. The van der Waals surface area contributed by atoms with Crippen molar-refractivity contribution in [3.63, 3.8) is 0 Å². The SMILES string of the molecule is C[C@H](N)C(=O)NC1CCN(Cc2ccccc2)CC1. The molecule has 0 unspecified atom stereocenters. The summed E-state index contributed by atoms with van der Waals surface area (Å²) >= 11 is 0. The molecule has 19 heavy (non-hydrogen) atoms. The standard InChI is InChI=1S/C15H23N3O/c1-12(16)15(19)17-14-7-9-18(10-8-14)11-13-5-3-2-4-6-13/h2-6,12,14H,7-11,16H2,1H3,(H,17,19)/t12-/m0/s1. The zero-order valence-corrected chi connectivity index (χ0v) is 11.5. The fraction of sp³-hybridized carbons (Fsp3) is 0.533. The molecule has 1 amide bonds. The third kappa shape index (κ3) is 4.33. The summed E-state index contributed by atoms with van der Waals surface area (Å²) in [6.45, 7) is 4.77. The number of nitrogens with two attached hydrogens (primary N) is 1. The molecular weight excluding hydrogens is 238 g/mol. The highest BCUT2D eigenvalue weighted by Crippen LogP contribution is 2.13. The number of nitrogens with zero attached hydrogens (tertiary/aromatic N) is 1. The van der Waals surface area contributed by atoms with Gasteiger partial charge in [0.1, 0.15) is 0 Å². The molecule has 1 aliphatic rings. The summed E-state index contributed by atoms with van der Waals surface area (Å²) in [5, 5.41) is 3.01. The van der Waals surface area contributed by atoms with Crippen LogP contribution in [0.1, 0.15) is 25.3 Å². The van der Waals surface area contributed by atoms with Gasteiger partial charge in [0.2, 0.25) is 5.91 Å². The Morgan fingerprint density at radius 2 is 2.00 bits per heavy atom. The molecule has 3 N–H and O–H groups in total. The summed E-state index contributed by atoms with van der Waals surface area (Å²) < 4.78 is 0. The molecule has 4 heteroatoms. The zero-order chi connectivity index (χ0) is 13.7. The second-order valence-electron chi connectivity index (χ2n) is 5.33. The van der Waals surface area contributed by atoms with Gasteiger partial charge in [-0.05, 0) is 25.3 Å². The van der Waals surface area contributed by atoms with E-state index in [4.69, 9.17) is 5.73 Å². The molecule has 0 aliphatic carbocycles. The predicted octanol–water partition coefficient (Wildman–Crippen LogP) is 1.11. The molecule has 104 valence electrons. The first kappa shape index (κ1) is 14.0. The minimum absolute atomic E-state index is 0.0403. The van der Waals surface area contributed by atoms with Crippen LogP contribution in [0.15, 0.2) is 30.3 Å². The summed E-state index contributed by atoms with van der Waals surface area (Å²) in [5.74, 6) is -0.0403. The maximum atomic E-state index is 11.5. The van der Waals surface area contributed by atoms with Gasteiger partial charge in [0.25, 0.3) is 0 Å². The molecule has 0 radical (unpaired) electrons. The van der Waals surface area contributed by atoms with Gasteiger partial charge < -0.3 is 11.1 Å². The van der Waals surface area contributed by atoms with Gasteiger partial charge in [-0.1, -0.05) is 30.3 Å². The number of amides is 1. The van der Waals surface area contributed by atoms with E-state index < -0.39 is 6.04 Å². The Balaban J connectivity index is 1.75. The van der Waals surface area contributed by atoms with Crippen molar-refractivity contribution in [2.45, 2.75) is 38.4 Å². The van der Waals surface area contributed by atoms with Crippen LogP contribution < -0.4 is 11.1 Å². The van der Waals surface area contributed by atoms with Gasteiger partial charge in [-0.15, -0.1) is 0 Å². The Morgan fingerprint density at radius 1 is 1.37 bits per heavy atom. The number of carbonyl (C=O) groups is 1. The average Bonchev–Trinajstić information content (AvgIpc) is 2.42. The van der Waals surface area contributed by atoms with E-state index in [0.717, 1.165) is 32.5 Å². The van der Waals surface area contributed by atoms with E-state index in [1.807, 2.05) is 6.07 Å². The molecule has 1 aromatic rings. The maximum Gasteiger partial charge on any atom is 0.236 e. The lowest BCUT2D eigenvalue weighted by Crippen LogP contribution is -2.48. The van der Waals surface area contributed by atoms with Gasteiger partial charge in [-0.2, -0.15) is 0 Å². The van der Waals surface area contributed by atoms with E-state index in [2.05, 4.69) is 34.5 Å². The number of nitrogens with one attached hydrogen (secondary N) is 1. The molecule has 1 aromatic carbocycles. The van der Waals surface area contributed by atoms with Gasteiger partial charge in [-0.3, -0.25) is 9.69 Å². The molecule has 1 aliphatic heterocycles. The molecule has 0 bridgehead atoms. The highest BCUT2D eigenvalue weighted by molar-refractivity contribution is 5.81. The lowest BCUT2D eigenvalue weighted by Gasteiger charge is -2.32. The van der Waals surface area contributed by atoms with Crippen LogP contribution in [-0.4, -0.2) is 36.0 Å². The second kappa shape index (κ2) is 6.68. The minimum atomic E-state index is -0.414. The normalized spacial score (nSPS) is 19.1. The van der Waals surface area contributed by atoms with Crippen molar-refractivity contribution in [3.05, 3.63) is 35.9 Å². The van der Waals surface area contributed by atoms with Crippen molar-refractivity contribution < 1.29 is 4.79 Å². The van der Waals surface area contributed by atoms with E-state index in [1.165, 1.54) is 5.56 Å². The summed E-state index contributed by atoms with van der Waals surface area (Å²) in [5.41, 5.74) is 6.91. The molecule has 0 saturated carbocycles. The zero-order valence-electron chi connectivity index (χ0n) is 11.5. The third-order valence-corrected chi connectivity index (χ3v) is 3.60. The fourth-order valence-corrected chi connectivity index (χ4v) is 2.41. The van der Waals surface area contributed by atoms with E-state index in [-0.39, 0.29) is 11.9 Å². The number of rotatable bonds is 4. The molecule has 1 heterocycles. The minimum Gasteiger partial charge on any atom is -0.352 e. The summed E-state index contributed by atoms with van der Waals surface area (Å²) in [4.78, 5) is 14.0. The van der Waals surface area contributed by atoms with Crippen molar-refractivity contribution in [1.82, 2.24) is 10.2 Å². The van der Waals surface area contributed by atoms with Crippen LogP contribution in [0.4, 0.5) is 0 Å². The molecule has 4 nitrogen and oxygen atoms in total. The molecule has 0 spiro atoms. The number of piperidine rings is 1. The van der Waals surface area contributed by atoms with Gasteiger partial charge >= 0.3 is 0 Å². The Labute approximate surface area is 115 Å². The molecule has 1 atom stereocenters. The molecular formula is C15H23N3O. The number of benzene rings is 1. The van der Waals surface area contributed by atoms with Crippen molar-refractivity contribution in [3.8, 4) is 0 Å². The smallest absolute Gasteiger partial charge is 0.236 e. The highest BCUT2D eigenvalue weighted by Gasteiger charge is 2.21. The van der Waals surface area contributed by atoms with Crippen molar-refractivity contribution in [2.24, 2.45) is 5.73 Å². The van der Waals surface area contributed by atoms with Crippen LogP contribution in [0.5, 0.6) is 0 Å². The topological polar surface area (TPSA) is 58.4 Å². The summed E-state index contributed by atoms with van der Waals surface area (Å²) in [6, 6.07) is 10.4. The van der Waals surface area contributed by atoms with Crippen molar-refractivity contribution in [2.75, 3.05) is 13.1 Å². The lowest BCUT2D eigenvalue weighted by atomic mass is 10.0. The van der Waals surface area contributed by atoms with E-state index in [1.54, 1.807) is 6.92 Å². The van der Waals surface area contributed by atoms with Gasteiger partial charge in [0.05, 0.1) is 6.04 Å². The summed E-state index contributed by atoms with van der Waals surface area (Å²) in [6.07, 6.45) is 2.01. The number of likely N-dealkylation sites (tertiary alicyclic amines) is 1. The van der Waals surface area contributed by atoms with Crippen LogP contribution in [0, 0.1) is 0 Å². The van der Waals surface area contributed by atoms with Crippen molar-refractivity contribution in [1.29, 1.82) is 0 Å². The quantitative estimate of drug-likeness (QED) is 0.854. The molecule has 1 saturated heterocycles. The first-order chi connectivity index (χ1) is 9.15. The predicted molar refractivity (Wildman–Crippen MR) is 76.5 cm³/mol. The van der Waals surface area contributed by atoms with Crippen LogP contribution in [0.25, 0.3) is 0 Å². The largest absolute Gasteiger partial charge is 0.352 e. The fourth-order valence-electron chi connectivity index (χ4n) is 2.41. The van der Waals surface area contributed by atoms with Gasteiger partial charge in [0, 0.05) is 25.7 Å². The Morgan fingerprint density at radius 3 is 2.58 bits per heavy atom. The Kier molecular flexibility index (Phi) is 4.93. The lowest BCUT2D eigenvalue weighted by molar-refractivity contribution is -0.123. The molecule has 0 aromatic heterocycles. The van der Waals surface area contributed by atoms with Gasteiger partial charge in [0.15, 0.2) is 0 Å². The third-order valence-electron chi connectivity index (χ3n) is 3.60. The van der Waals surface area contributed by atoms with Gasteiger partial charge in [-0.25, -0.2) is 0 Å². The van der Waals surface area contributed by atoms with Crippen LogP contribution in [-0.2, 0) is 11.3 Å².